The van der Waals surface area contributed by atoms with E-state index in [4.69, 9.17) is 4.98 Å². The molecule has 0 saturated carbocycles. The average Bonchev–Trinajstić information content (AvgIpc) is 3.36. The summed E-state index contributed by atoms with van der Waals surface area (Å²) in [4.78, 5) is 9.73. The maximum atomic E-state index is 11.2. The number of aromatic hydroxyl groups is 1. The minimum atomic E-state index is 0.0513. The molecule has 0 aliphatic heterocycles. The number of fused-ring (bicyclic) bond motifs is 1. The molecule has 1 aliphatic rings. The van der Waals surface area contributed by atoms with Gasteiger partial charge >= 0.3 is 0 Å². The number of pyridine rings is 2. The summed E-state index contributed by atoms with van der Waals surface area (Å²) >= 11 is 0. The molecule has 3 nitrogen and oxygen atoms in total. The van der Waals surface area contributed by atoms with Crippen LogP contribution in [0.2, 0.25) is 0 Å². The molecular weight excluding hydrogens is 669 g/mol. The molecule has 0 atom stereocenters. The van der Waals surface area contributed by atoms with Crippen molar-refractivity contribution in [2.75, 3.05) is 0 Å². The first kappa shape index (κ1) is 36.2. The van der Waals surface area contributed by atoms with E-state index in [1.54, 1.807) is 0 Å². The first-order chi connectivity index (χ1) is 26.2. The molecule has 0 bridgehead atoms. The van der Waals surface area contributed by atoms with Crippen LogP contribution in [-0.4, -0.2) is 15.1 Å². The number of hydrogen-bond acceptors (Lipinski definition) is 3. The Balaban J connectivity index is 1.13. The molecule has 3 heteroatoms. The van der Waals surface area contributed by atoms with E-state index in [9.17, 15) is 5.11 Å². The summed E-state index contributed by atoms with van der Waals surface area (Å²) in [5, 5.41) is 11.2. The fourth-order valence-electron chi connectivity index (χ4n) is 8.90. The molecule has 0 saturated heterocycles. The number of benzene rings is 5. The first-order valence-corrected chi connectivity index (χ1v) is 19.4. The third kappa shape index (κ3) is 6.89. The Bertz CT molecular complexity index is 2570. The Kier molecular flexibility index (Phi) is 8.88. The molecule has 274 valence electrons. The molecule has 7 aromatic rings. The highest BCUT2D eigenvalue weighted by atomic mass is 16.3. The number of rotatable bonds is 6. The zero-order valence-corrected chi connectivity index (χ0v) is 33.3. The van der Waals surface area contributed by atoms with Crippen molar-refractivity contribution in [3.05, 3.63) is 162 Å². The smallest absolute Gasteiger partial charge is 0.116 e. The summed E-state index contributed by atoms with van der Waals surface area (Å²) in [6.45, 7) is 18.3. The molecule has 0 spiro atoms. The Hall–Kier alpha value is -5.80. The lowest BCUT2D eigenvalue weighted by Crippen LogP contribution is -2.17. The fourth-order valence-corrected chi connectivity index (χ4v) is 8.90. The average molecular weight is 719 g/mol. The predicted molar refractivity (Wildman–Crippen MR) is 230 cm³/mol. The van der Waals surface area contributed by atoms with Crippen molar-refractivity contribution in [2.24, 2.45) is 0 Å². The maximum Gasteiger partial charge on any atom is 0.116 e. The molecule has 0 radical (unpaired) electrons. The van der Waals surface area contributed by atoms with Gasteiger partial charge in [0.25, 0.3) is 0 Å². The molecule has 1 N–H and O–H groups in total. The topological polar surface area (TPSA) is 46.0 Å². The van der Waals surface area contributed by atoms with E-state index >= 15 is 0 Å². The van der Waals surface area contributed by atoms with Gasteiger partial charge in [-0.3, -0.25) is 9.97 Å². The van der Waals surface area contributed by atoms with Crippen molar-refractivity contribution >= 4 is 0 Å². The van der Waals surface area contributed by atoms with E-state index in [-0.39, 0.29) is 22.0 Å². The van der Waals surface area contributed by atoms with Gasteiger partial charge in [-0.05, 0) is 133 Å². The van der Waals surface area contributed by atoms with Crippen molar-refractivity contribution in [2.45, 2.75) is 78.1 Å². The second kappa shape index (κ2) is 13.5. The van der Waals surface area contributed by atoms with Gasteiger partial charge in [0.1, 0.15) is 5.75 Å². The number of phenols is 1. The summed E-state index contributed by atoms with van der Waals surface area (Å²) in [6, 6.07) is 44.8. The van der Waals surface area contributed by atoms with Crippen LogP contribution in [0.4, 0.5) is 0 Å². The third-order valence-electron chi connectivity index (χ3n) is 11.6. The molecule has 5 aromatic carbocycles. The van der Waals surface area contributed by atoms with Gasteiger partial charge < -0.3 is 5.11 Å². The van der Waals surface area contributed by atoms with Crippen molar-refractivity contribution in [1.29, 1.82) is 0 Å². The van der Waals surface area contributed by atoms with Crippen LogP contribution in [0.3, 0.4) is 0 Å². The number of aryl methyl sites for hydroxylation is 1. The summed E-state index contributed by atoms with van der Waals surface area (Å²) in [5.74, 6) is 0.227. The van der Waals surface area contributed by atoms with Crippen LogP contribution in [-0.2, 0) is 16.2 Å². The molecule has 55 heavy (non-hydrogen) atoms. The van der Waals surface area contributed by atoms with Crippen molar-refractivity contribution in [1.82, 2.24) is 9.97 Å². The van der Waals surface area contributed by atoms with Crippen molar-refractivity contribution in [3.8, 4) is 72.8 Å². The van der Waals surface area contributed by atoms with E-state index in [0.29, 0.717) is 0 Å². The minimum Gasteiger partial charge on any atom is -0.508 e. The normalized spacial score (nSPS) is 14.5. The number of nitrogens with zero attached hydrogens (tertiary/aromatic N) is 2. The van der Waals surface area contributed by atoms with Crippen LogP contribution in [0.1, 0.15) is 77.1 Å². The lowest BCUT2D eigenvalue weighted by atomic mass is 9.82. The molecule has 0 fully saturated rings. The number of phenolic OH excluding ortho intramolecular Hbond substituents is 1. The fraction of sp³-hybridized carbons (Fsp3) is 0.231. The molecule has 0 amide bonds. The highest BCUT2D eigenvalue weighted by Crippen LogP contribution is 2.50. The second-order valence-electron chi connectivity index (χ2n) is 17.7. The van der Waals surface area contributed by atoms with Crippen molar-refractivity contribution in [3.63, 3.8) is 0 Å². The van der Waals surface area contributed by atoms with E-state index in [1.165, 1.54) is 16.7 Å². The summed E-state index contributed by atoms with van der Waals surface area (Å²) < 4.78 is 0. The van der Waals surface area contributed by atoms with E-state index in [0.717, 1.165) is 79.0 Å². The van der Waals surface area contributed by atoms with Gasteiger partial charge in [-0.15, -0.1) is 0 Å². The number of aromatic nitrogens is 2. The van der Waals surface area contributed by atoms with Gasteiger partial charge in [0.15, 0.2) is 0 Å². The number of hydrogen-bond donors (Lipinski definition) is 1. The molecular formula is C52H50N2O. The lowest BCUT2D eigenvalue weighted by molar-refractivity contribution is 0.403. The lowest BCUT2D eigenvalue weighted by Gasteiger charge is -2.22. The van der Waals surface area contributed by atoms with Crippen LogP contribution in [0.25, 0.3) is 67.0 Å². The Morgan fingerprint density at radius 1 is 0.509 bits per heavy atom. The molecule has 0 unspecified atom stereocenters. The molecule has 2 heterocycles. The van der Waals surface area contributed by atoms with Gasteiger partial charge in [-0.25, -0.2) is 0 Å². The van der Waals surface area contributed by atoms with Gasteiger partial charge in [-0.2, -0.15) is 0 Å². The molecule has 1 aliphatic carbocycles. The first-order valence-electron chi connectivity index (χ1n) is 19.4. The Labute approximate surface area is 326 Å². The summed E-state index contributed by atoms with van der Waals surface area (Å²) in [5.41, 5.74) is 18.2. The van der Waals surface area contributed by atoms with Gasteiger partial charge in [0.2, 0.25) is 0 Å². The van der Waals surface area contributed by atoms with Gasteiger partial charge in [0, 0.05) is 29.1 Å². The van der Waals surface area contributed by atoms with Crippen LogP contribution in [0, 0.1) is 6.92 Å². The molecule has 2 aromatic heterocycles. The Morgan fingerprint density at radius 3 is 1.69 bits per heavy atom. The monoisotopic (exact) mass is 718 g/mol. The largest absolute Gasteiger partial charge is 0.508 e. The summed E-state index contributed by atoms with van der Waals surface area (Å²) in [6.07, 6.45) is 5.06. The summed E-state index contributed by atoms with van der Waals surface area (Å²) in [7, 11) is 0. The quantitative estimate of drug-likeness (QED) is 0.186. The van der Waals surface area contributed by atoms with Crippen LogP contribution in [0.15, 0.2) is 140 Å². The SMILES string of the molecule is Cc1cc(-c2ccc3c(c2)C(C)(C)CC3(C)C)ncc1-c1ccccc1-c1cc(O)cc(-c2ccccc2-c2ccc(-c3cc(C(C)(C)C)ccn3)cc2)c1. The highest BCUT2D eigenvalue weighted by Gasteiger charge is 2.41. The van der Waals surface area contributed by atoms with Crippen LogP contribution < -0.4 is 0 Å². The standard InChI is InChI=1S/C52H50N2O/c1-33-25-48(36-21-22-46-47(29-36)52(7,8)32-51(46,5)6)54-31-45(33)44-16-12-11-15-43(44)38-26-37(27-40(55)28-38)42-14-10-9-13-41(42)34-17-19-35(20-18-34)49-30-39(23-24-53-49)50(2,3)4/h9-31,55H,32H2,1-8H3. The second-order valence-corrected chi connectivity index (χ2v) is 17.7. The van der Waals surface area contributed by atoms with E-state index < -0.39 is 0 Å². The van der Waals surface area contributed by atoms with Gasteiger partial charge in [0.05, 0.1) is 11.4 Å². The van der Waals surface area contributed by atoms with Crippen LogP contribution >= 0.6 is 0 Å². The molecule has 8 rings (SSSR count). The maximum absolute atomic E-state index is 11.2. The van der Waals surface area contributed by atoms with E-state index in [2.05, 4.69) is 176 Å². The highest BCUT2D eigenvalue weighted by molar-refractivity contribution is 5.90. The Morgan fingerprint density at radius 2 is 1.05 bits per heavy atom. The predicted octanol–water partition coefficient (Wildman–Crippen LogP) is 13.7. The van der Waals surface area contributed by atoms with Crippen molar-refractivity contribution < 1.29 is 5.11 Å². The third-order valence-corrected chi connectivity index (χ3v) is 11.6. The minimum absolute atomic E-state index is 0.0513. The van der Waals surface area contributed by atoms with Gasteiger partial charge in [-0.1, -0.05) is 133 Å². The zero-order chi connectivity index (χ0) is 38.7. The van der Waals surface area contributed by atoms with Crippen LogP contribution in [0.5, 0.6) is 5.75 Å². The zero-order valence-electron chi connectivity index (χ0n) is 33.3. The van der Waals surface area contributed by atoms with E-state index in [1.807, 2.05) is 24.5 Å².